The van der Waals surface area contributed by atoms with Crippen molar-refractivity contribution in [2.24, 2.45) is 0 Å². The van der Waals surface area contributed by atoms with Crippen LogP contribution in [-0.4, -0.2) is 13.0 Å². The van der Waals surface area contributed by atoms with E-state index < -0.39 is 5.41 Å². The quantitative estimate of drug-likeness (QED) is 0.723. The summed E-state index contributed by atoms with van der Waals surface area (Å²) >= 11 is 3.47. The van der Waals surface area contributed by atoms with Gasteiger partial charge in [-0.1, -0.05) is 22.0 Å². The molecule has 1 aromatic rings. The Balaban J connectivity index is 2.80. The molecule has 0 saturated heterocycles. The minimum absolute atomic E-state index is 0.0821. The largest absolute Gasteiger partial charge is 0.314 e. The molecule has 0 fully saturated rings. The van der Waals surface area contributed by atoms with Crippen LogP contribution in [0.25, 0.3) is 0 Å². The van der Waals surface area contributed by atoms with Crippen LogP contribution in [0.1, 0.15) is 18.1 Å². The van der Waals surface area contributed by atoms with E-state index in [2.05, 4.69) is 22.5 Å². The number of rotatable bonds is 1. The monoisotopic (exact) mass is 279 g/mol. The van der Waals surface area contributed by atoms with E-state index in [9.17, 15) is 4.79 Å². The molecule has 0 saturated carbocycles. The first-order valence-electron chi connectivity index (χ1n) is 5.14. The van der Waals surface area contributed by atoms with Gasteiger partial charge >= 0.3 is 0 Å². The van der Waals surface area contributed by atoms with Gasteiger partial charge in [0.15, 0.2) is 0 Å². The summed E-state index contributed by atoms with van der Waals surface area (Å²) in [4.78, 5) is 13.9. The number of halogens is 1. The van der Waals surface area contributed by atoms with E-state index in [0.717, 1.165) is 21.3 Å². The Morgan fingerprint density at radius 2 is 2.12 bits per heavy atom. The molecule has 0 unspecified atom stereocenters. The number of amides is 1. The standard InChI is InChI=1S/C13H14BrNO/c1-5-13(3)10-7-9(14)6-8(2)11(10)15(4)12(13)16/h5-7H,1H2,2-4H3/t13-/m0/s1. The maximum Gasteiger partial charge on any atom is 0.241 e. The van der Waals surface area contributed by atoms with Crippen molar-refractivity contribution >= 4 is 27.5 Å². The molecule has 1 aliphatic heterocycles. The van der Waals surface area contributed by atoms with Crippen molar-refractivity contribution in [1.29, 1.82) is 0 Å². The summed E-state index contributed by atoms with van der Waals surface area (Å²) in [5.74, 6) is 0.0821. The van der Waals surface area contributed by atoms with Gasteiger partial charge in [-0.25, -0.2) is 0 Å². The van der Waals surface area contributed by atoms with Crippen LogP contribution in [0.3, 0.4) is 0 Å². The number of hydrogen-bond acceptors (Lipinski definition) is 1. The number of carbonyl (C=O) groups is 1. The SMILES string of the molecule is C=C[C@]1(C)C(=O)N(C)c2c(C)cc(Br)cc21. The predicted octanol–water partition coefficient (Wildman–Crippen LogP) is 3.18. The van der Waals surface area contributed by atoms with Crippen molar-refractivity contribution in [1.82, 2.24) is 0 Å². The van der Waals surface area contributed by atoms with E-state index in [0.29, 0.717) is 0 Å². The minimum Gasteiger partial charge on any atom is -0.314 e. The van der Waals surface area contributed by atoms with Gasteiger partial charge in [0.1, 0.15) is 0 Å². The number of benzene rings is 1. The molecule has 1 heterocycles. The molecule has 0 bridgehead atoms. The van der Waals surface area contributed by atoms with Crippen molar-refractivity contribution in [2.75, 3.05) is 11.9 Å². The number of aryl methyl sites for hydroxylation is 1. The third kappa shape index (κ3) is 1.27. The number of carbonyl (C=O) groups excluding carboxylic acids is 1. The summed E-state index contributed by atoms with van der Waals surface area (Å²) in [5.41, 5.74) is 2.54. The normalized spacial score (nSPS) is 23.5. The Hall–Kier alpha value is -1.09. The van der Waals surface area contributed by atoms with Gasteiger partial charge in [0, 0.05) is 11.5 Å². The predicted molar refractivity (Wildman–Crippen MR) is 69.8 cm³/mol. The van der Waals surface area contributed by atoms with Crippen molar-refractivity contribution in [2.45, 2.75) is 19.3 Å². The zero-order valence-electron chi connectivity index (χ0n) is 9.67. The molecular formula is C13H14BrNO. The number of nitrogens with zero attached hydrogens (tertiary/aromatic N) is 1. The average Bonchev–Trinajstić information content (AvgIpc) is 2.42. The van der Waals surface area contributed by atoms with Crippen LogP contribution >= 0.6 is 15.9 Å². The highest BCUT2D eigenvalue weighted by Crippen LogP contribution is 2.44. The molecule has 0 radical (unpaired) electrons. The first kappa shape index (κ1) is 11.4. The van der Waals surface area contributed by atoms with Crippen LogP contribution in [0.2, 0.25) is 0 Å². The molecule has 16 heavy (non-hydrogen) atoms. The Kier molecular flexibility index (Phi) is 2.46. The second kappa shape index (κ2) is 3.45. The van der Waals surface area contributed by atoms with Crippen molar-refractivity contribution in [3.8, 4) is 0 Å². The van der Waals surface area contributed by atoms with Crippen LogP contribution in [0.15, 0.2) is 29.3 Å². The Morgan fingerprint density at radius 1 is 1.50 bits per heavy atom. The summed E-state index contributed by atoms with van der Waals surface area (Å²) in [6.45, 7) is 7.72. The van der Waals surface area contributed by atoms with E-state index >= 15 is 0 Å². The molecule has 0 spiro atoms. The first-order valence-corrected chi connectivity index (χ1v) is 5.93. The van der Waals surface area contributed by atoms with Gasteiger partial charge in [0.25, 0.3) is 0 Å². The van der Waals surface area contributed by atoms with Gasteiger partial charge in [0.2, 0.25) is 5.91 Å². The molecule has 2 nitrogen and oxygen atoms in total. The molecule has 1 atom stereocenters. The lowest BCUT2D eigenvalue weighted by Gasteiger charge is -2.17. The summed E-state index contributed by atoms with van der Waals surface area (Å²) in [6.07, 6.45) is 1.73. The van der Waals surface area contributed by atoms with Gasteiger partial charge in [-0.2, -0.15) is 0 Å². The lowest BCUT2D eigenvalue weighted by atomic mass is 9.83. The fourth-order valence-electron chi connectivity index (χ4n) is 2.34. The summed E-state index contributed by atoms with van der Waals surface area (Å²) in [5, 5.41) is 0. The van der Waals surface area contributed by atoms with Crippen LogP contribution in [0.4, 0.5) is 5.69 Å². The van der Waals surface area contributed by atoms with E-state index in [-0.39, 0.29) is 5.91 Å². The molecule has 2 rings (SSSR count). The van der Waals surface area contributed by atoms with Crippen LogP contribution in [-0.2, 0) is 10.2 Å². The lowest BCUT2D eigenvalue weighted by Crippen LogP contribution is -2.34. The van der Waals surface area contributed by atoms with Crippen molar-refractivity contribution in [3.63, 3.8) is 0 Å². The van der Waals surface area contributed by atoms with E-state index in [1.54, 1.807) is 11.0 Å². The van der Waals surface area contributed by atoms with Gasteiger partial charge in [0.05, 0.1) is 11.1 Å². The first-order chi connectivity index (χ1) is 7.41. The zero-order chi connectivity index (χ0) is 12.1. The van der Waals surface area contributed by atoms with Crippen molar-refractivity contribution < 1.29 is 4.79 Å². The fraction of sp³-hybridized carbons (Fsp3) is 0.308. The highest BCUT2D eigenvalue weighted by molar-refractivity contribution is 9.10. The molecule has 0 aromatic heterocycles. The maximum atomic E-state index is 12.2. The molecule has 1 aromatic carbocycles. The van der Waals surface area contributed by atoms with Gasteiger partial charge in [-0.3, -0.25) is 4.79 Å². The van der Waals surface area contributed by atoms with E-state index in [1.165, 1.54) is 0 Å². The Morgan fingerprint density at radius 3 is 2.69 bits per heavy atom. The number of hydrogen-bond donors (Lipinski definition) is 0. The van der Waals surface area contributed by atoms with Gasteiger partial charge < -0.3 is 4.90 Å². The van der Waals surface area contributed by atoms with Gasteiger partial charge in [-0.05, 0) is 37.1 Å². The maximum absolute atomic E-state index is 12.2. The summed E-state index contributed by atoms with van der Waals surface area (Å²) in [7, 11) is 1.82. The average molecular weight is 280 g/mol. The van der Waals surface area contributed by atoms with Crippen molar-refractivity contribution in [3.05, 3.63) is 40.4 Å². The molecule has 3 heteroatoms. The topological polar surface area (TPSA) is 20.3 Å². The van der Waals surface area contributed by atoms with E-state index in [1.807, 2.05) is 33.0 Å². The molecule has 1 amide bonds. The molecule has 0 aliphatic carbocycles. The molecule has 84 valence electrons. The van der Waals surface area contributed by atoms with Crippen LogP contribution < -0.4 is 4.90 Å². The second-order valence-electron chi connectivity index (χ2n) is 4.39. The third-order valence-corrected chi connectivity index (χ3v) is 3.78. The van der Waals surface area contributed by atoms with E-state index in [4.69, 9.17) is 0 Å². The van der Waals surface area contributed by atoms with Gasteiger partial charge in [-0.15, -0.1) is 6.58 Å². The summed E-state index contributed by atoms with van der Waals surface area (Å²) in [6, 6.07) is 4.03. The number of fused-ring (bicyclic) bond motifs is 1. The van der Waals surface area contributed by atoms with Crippen LogP contribution in [0.5, 0.6) is 0 Å². The minimum atomic E-state index is -0.599. The summed E-state index contributed by atoms with van der Waals surface area (Å²) < 4.78 is 1.000. The lowest BCUT2D eigenvalue weighted by molar-refractivity contribution is -0.120. The smallest absolute Gasteiger partial charge is 0.241 e. The number of likely N-dealkylation sites (N-methyl/N-ethyl adjacent to an activating group) is 1. The highest BCUT2D eigenvalue weighted by atomic mass is 79.9. The molecule has 0 N–H and O–H groups in total. The Bertz CT molecular complexity index is 495. The fourth-order valence-corrected chi connectivity index (χ4v) is 2.91. The highest BCUT2D eigenvalue weighted by Gasteiger charge is 2.44. The molecule has 1 aliphatic rings. The number of anilines is 1. The third-order valence-electron chi connectivity index (χ3n) is 3.32. The zero-order valence-corrected chi connectivity index (χ0v) is 11.3. The Labute approximate surface area is 104 Å². The second-order valence-corrected chi connectivity index (χ2v) is 5.31. The molecular weight excluding hydrogens is 266 g/mol. The van der Waals surface area contributed by atoms with Crippen LogP contribution in [0, 0.1) is 6.92 Å².